The third kappa shape index (κ3) is 5.20. The second-order valence-corrected chi connectivity index (χ2v) is 9.28. The van der Waals surface area contributed by atoms with Gasteiger partial charge in [0.2, 0.25) is 5.91 Å². The lowest BCUT2D eigenvalue weighted by Crippen LogP contribution is -2.57. The maximum Gasteiger partial charge on any atom is 0.223 e. The molecule has 0 spiro atoms. The number of hydrogen-bond acceptors (Lipinski definition) is 4. The molecule has 2 rings (SSSR count). The molecule has 9 heteroatoms. The van der Waals surface area contributed by atoms with Crippen molar-refractivity contribution in [3.8, 4) is 0 Å². The van der Waals surface area contributed by atoms with Crippen LogP contribution in [0.2, 0.25) is 0 Å². The molecule has 1 heterocycles. The normalized spacial score (nSPS) is 22.9. The molecule has 0 aromatic carbocycles. The highest BCUT2D eigenvalue weighted by molar-refractivity contribution is 14.0. The molecule has 0 aromatic rings. The van der Waals surface area contributed by atoms with E-state index in [9.17, 15) is 13.2 Å². The highest BCUT2D eigenvalue weighted by atomic mass is 127. The summed E-state index contributed by atoms with van der Waals surface area (Å²) in [7, 11) is -1.37. The lowest BCUT2D eigenvalue weighted by molar-refractivity contribution is -0.122. The first-order valence-corrected chi connectivity index (χ1v) is 9.38. The Bertz CT molecular complexity index is 558. The van der Waals surface area contributed by atoms with Crippen LogP contribution in [0.5, 0.6) is 0 Å². The molecule has 1 aliphatic carbocycles. The SMILES string of the molecule is CN=C(NCCNC(=O)C1CC1)N1CCS(=O)(=O)C(C)(C)C1.I. The minimum absolute atomic E-state index is 0. The first kappa shape index (κ1) is 20.5. The van der Waals surface area contributed by atoms with Crippen LogP contribution in [0.1, 0.15) is 26.7 Å². The van der Waals surface area contributed by atoms with Crippen LogP contribution in [-0.4, -0.2) is 68.9 Å². The Hall–Kier alpha value is -0.580. The molecular formula is C14H27IN4O3S. The Labute approximate surface area is 155 Å². The number of rotatable bonds is 4. The molecule has 134 valence electrons. The highest BCUT2D eigenvalue weighted by Crippen LogP contribution is 2.28. The van der Waals surface area contributed by atoms with Crippen LogP contribution < -0.4 is 10.6 Å². The van der Waals surface area contributed by atoms with Crippen LogP contribution in [0.15, 0.2) is 4.99 Å². The largest absolute Gasteiger partial charge is 0.354 e. The maximum atomic E-state index is 12.0. The Kier molecular flexibility index (Phi) is 7.12. The van der Waals surface area contributed by atoms with Gasteiger partial charge in [0.25, 0.3) is 0 Å². The topological polar surface area (TPSA) is 90.9 Å². The molecule has 1 saturated heterocycles. The Morgan fingerprint density at radius 3 is 2.39 bits per heavy atom. The molecule has 0 radical (unpaired) electrons. The smallest absolute Gasteiger partial charge is 0.223 e. The van der Waals surface area contributed by atoms with E-state index in [2.05, 4.69) is 15.6 Å². The number of hydrogen-bond donors (Lipinski definition) is 2. The van der Waals surface area contributed by atoms with E-state index in [0.717, 1.165) is 12.8 Å². The number of nitrogens with one attached hydrogen (secondary N) is 2. The Balaban J connectivity index is 0.00000264. The van der Waals surface area contributed by atoms with E-state index in [1.165, 1.54) is 0 Å². The number of guanidine groups is 1. The fourth-order valence-corrected chi connectivity index (χ4v) is 3.87. The van der Waals surface area contributed by atoms with Crippen LogP contribution in [0, 0.1) is 5.92 Å². The monoisotopic (exact) mass is 458 g/mol. The summed E-state index contributed by atoms with van der Waals surface area (Å²) < 4.78 is 23.3. The van der Waals surface area contributed by atoms with Gasteiger partial charge in [-0.25, -0.2) is 8.42 Å². The van der Waals surface area contributed by atoms with Crippen molar-refractivity contribution in [2.45, 2.75) is 31.4 Å². The molecule has 2 aliphatic rings. The van der Waals surface area contributed by atoms with Crippen LogP contribution in [0.4, 0.5) is 0 Å². The van der Waals surface area contributed by atoms with Crippen molar-refractivity contribution < 1.29 is 13.2 Å². The van der Waals surface area contributed by atoms with Gasteiger partial charge in [-0.1, -0.05) is 0 Å². The van der Waals surface area contributed by atoms with Crippen molar-refractivity contribution in [3.63, 3.8) is 0 Å². The molecule has 7 nitrogen and oxygen atoms in total. The van der Waals surface area contributed by atoms with Gasteiger partial charge in [-0.05, 0) is 26.7 Å². The Morgan fingerprint density at radius 2 is 1.87 bits per heavy atom. The molecule has 1 amide bonds. The number of sulfone groups is 1. The van der Waals surface area contributed by atoms with E-state index < -0.39 is 14.6 Å². The lowest BCUT2D eigenvalue weighted by Gasteiger charge is -2.39. The number of aliphatic imine (C=N–C) groups is 1. The standard InChI is InChI=1S/C14H26N4O3S.HI/c1-14(2)10-18(8-9-22(14,20)21)13(15-3)17-7-6-16-12(19)11-4-5-11;/h11H,4-10H2,1-3H3,(H,15,17)(H,16,19);1H. The van der Waals surface area contributed by atoms with Crippen molar-refractivity contribution in [2.75, 3.05) is 39.0 Å². The average Bonchev–Trinajstić information content (AvgIpc) is 3.26. The highest BCUT2D eigenvalue weighted by Gasteiger charge is 2.40. The van der Waals surface area contributed by atoms with Crippen molar-refractivity contribution in [1.29, 1.82) is 0 Å². The third-order valence-electron chi connectivity index (χ3n) is 4.21. The summed E-state index contributed by atoms with van der Waals surface area (Å²) >= 11 is 0. The number of nitrogens with zero attached hydrogens (tertiary/aromatic N) is 2. The molecular weight excluding hydrogens is 431 g/mol. The third-order valence-corrected chi connectivity index (χ3v) is 6.74. The zero-order valence-corrected chi connectivity index (χ0v) is 17.1. The first-order chi connectivity index (χ1) is 10.3. The van der Waals surface area contributed by atoms with Gasteiger partial charge in [0, 0.05) is 39.1 Å². The van der Waals surface area contributed by atoms with Gasteiger partial charge in [0.1, 0.15) is 0 Å². The lowest BCUT2D eigenvalue weighted by atomic mass is 10.2. The fourth-order valence-electron chi connectivity index (χ4n) is 2.51. The minimum atomic E-state index is -3.06. The summed E-state index contributed by atoms with van der Waals surface area (Å²) in [5.74, 6) is 1.16. The summed E-state index contributed by atoms with van der Waals surface area (Å²) in [6.45, 7) is 5.48. The van der Waals surface area contributed by atoms with Crippen LogP contribution >= 0.6 is 24.0 Å². The van der Waals surface area contributed by atoms with Gasteiger partial charge in [-0.3, -0.25) is 9.79 Å². The molecule has 1 aliphatic heterocycles. The van der Waals surface area contributed by atoms with Crippen molar-refractivity contribution >= 4 is 45.7 Å². The summed E-state index contributed by atoms with van der Waals surface area (Å²) in [6.07, 6.45) is 2.00. The Morgan fingerprint density at radius 1 is 1.26 bits per heavy atom. The summed E-state index contributed by atoms with van der Waals surface area (Å²) in [5.41, 5.74) is 0. The van der Waals surface area contributed by atoms with Crippen LogP contribution in [0.3, 0.4) is 0 Å². The second-order valence-electron chi connectivity index (χ2n) is 6.54. The van der Waals surface area contributed by atoms with E-state index in [-0.39, 0.29) is 41.6 Å². The zero-order chi connectivity index (χ0) is 16.4. The van der Waals surface area contributed by atoms with Crippen molar-refractivity contribution in [1.82, 2.24) is 15.5 Å². The zero-order valence-electron chi connectivity index (χ0n) is 14.0. The molecule has 0 aromatic heterocycles. The van der Waals surface area contributed by atoms with Crippen LogP contribution in [0.25, 0.3) is 0 Å². The van der Waals surface area contributed by atoms with Gasteiger partial charge < -0.3 is 15.5 Å². The maximum absolute atomic E-state index is 12.0. The number of halogens is 1. The predicted molar refractivity (Wildman–Crippen MR) is 102 cm³/mol. The second kappa shape index (κ2) is 8.00. The van der Waals surface area contributed by atoms with E-state index in [0.29, 0.717) is 32.1 Å². The molecule has 2 fully saturated rings. The van der Waals surface area contributed by atoms with Gasteiger partial charge in [-0.2, -0.15) is 0 Å². The summed E-state index contributed by atoms with van der Waals surface area (Å²) in [5, 5.41) is 6.07. The summed E-state index contributed by atoms with van der Waals surface area (Å²) in [6, 6.07) is 0. The van der Waals surface area contributed by atoms with E-state index >= 15 is 0 Å². The molecule has 0 bridgehead atoms. The van der Waals surface area contributed by atoms with E-state index in [1.807, 2.05) is 4.90 Å². The molecule has 0 atom stereocenters. The van der Waals surface area contributed by atoms with Crippen LogP contribution in [-0.2, 0) is 14.6 Å². The number of amides is 1. The van der Waals surface area contributed by atoms with Gasteiger partial charge in [0.05, 0.1) is 10.5 Å². The van der Waals surface area contributed by atoms with E-state index in [1.54, 1.807) is 20.9 Å². The molecule has 2 N–H and O–H groups in total. The molecule has 0 unspecified atom stereocenters. The quantitative estimate of drug-likeness (QED) is 0.272. The minimum Gasteiger partial charge on any atom is -0.354 e. The number of carbonyl (C=O) groups excluding carboxylic acids is 1. The van der Waals surface area contributed by atoms with Crippen molar-refractivity contribution in [3.05, 3.63) is 0 Å². The van der Waals surface area contributed by atoms with E-state index in [4.69, 9.17) is 0 Å². The average molecular weight is 458 g/mol. The predicted octanol–water partition coefficient (Wildman–Crippen LogP) is 0.215. The van der Waals surface area contributed by atoms with Gasteiger partial charge in [0.15, 0.2) is 15.8 Å². The summed E-state index contributed by atoms with van der Waals surface area (Å²) in [4.78, 5) is 17.7. The molecule has 1 saturated carbocycles. The fraction of sp³-hybridized carbons (Fsp3) is 0.857. The van der Waals surface area contributed by atoms with Gasteiger partial charge >= 0.3 is 0 Å². The first-order valence-electron chi connectivity index (χ1n) is 7.72. The van der Waals surface area contributed by atoms with Crippen molar-refractivity contribution in [2.24, 2.45) is 10.9 Å². The number of carbonyl (C=O) groups is 1. The molecule has 23 heavy (non-hydrogen) atoms. The van der Waals surface area contributed by atoms with Gasteiger partial charge in [-0.15, -0.1) is 24.0 Å².